The predicted octanol–water partition coefficient (Wildman–Crippen LogP) is 1.19. The van der Waals surface area contributed by atoms with Crippen LogP contribution in [0.25, 0.3) is 0 Å². The molecule has 1 amide bonds. The Morgan fingerprint density at radius 1 is 1.55 bits per heavy atom. The molecule has 0 bridgehead atoms. The first-order valence-electron chi connectivity index (χ1n) is 6.74. The van der Waals surface area contributed by atoms with Gasteiger partial charge in [-0.25, -0.2) is 0 Å². The van der Waals surface area contributed by atoms with Gasteiger partial charge in [0.05, 0.1) is 12.1 Å². The van der Waals surface area contributed by atoms with Gasteiger partial charge in [0.25, 0.3) is 0 Å². The molecular formula is C15H20N2O2S. The van der Waals surface area contributed by atoms with Crippen molar-refractivity contribution in [1.82, 2.24) is 10.2 Å². The van der Waals surface area contributed by atoms with Crippen LogP contribution in [0.3, 0.4) is 0 Å². The van der Waals surface area contributed by atoms with Crippen molar-refractivity contribution in [3.05, 3.63) is 21.9 Å². The van der Waals surface area contributed by atoms with Crippen molar-refractivity contribution in [3.8, 4) is 11.8 Å². The highest BCUT2D eigenvalue weighted by Crippen LogP contribution is 2.23. The van der Waals surface area contributed by atoms with Crippen molar-refractivity contribution >= 4 is 17.2 Å². The molecule has 0 spiro atoms. The predicted molar refractivity (Wildman–Crippen MR) is 80.4 cm³/mol. The van der Waals surface area contributed by atoms with Crippen LogP contribution in [0.15, 0.2) is 11.4 Å². The van der Waals surface area contributed by atoms with Crippen LogP contribution >= 0.6 is 11.3 Å². The molecule has 1 aliphatic heterocycles. The van der Waals surface area contributed by atoms with E-state index in [2.05, 4.69) is 28.1 Å². The summed E-state index contributed by atoms with van der Waals surface area (Å²) in [7, 11) is 0. The number of hydrogen-bond acceptors (Lipinski definition) is 4. The number of nitrogens with zero attached hydrogens (tertiary/aromatic N) is 1. The molecule has 1 saturated heterocycles. The van der Waals surface area contributed by atoms with E-state index in [1.807, 2.05) is 19.2 Å². The number of thiophene rings is 1. The second-order valence-corrected chi connectivity index (χ2v) is 6.31. The Labute approximate surface area is 123 Å². The Morgan fingerprint density at radius 3 is 3.10 bits per heavy atom. The normalized spacial score (nSPS) is 18.2. The maximum atomic E-state index is 11.9. The summed E-state index contributed by atoms with van der Waals surface area (Å²) in [5, 5.41) is 13.6. The summed E-state index contributed by atoms with van der Waals surface area (Å²) in [4.78, 5) is 15.3. The van der Waals surface area contributed by atoms with Gasteiger partial charge in [-0.2, -0.15) is 0 Å². The number of rotatable bonds is 3. The van der Waals surface area contributed by atoms with Gasteiger partial charge >= 0.3 is 0 Å². The highest BCUT2D eigenvalue weighted by molar-refractivity contribution is 7.10. The lowest BCUT2D eigenvalue weighted by Crippen LogP contribution is -2.61. The number of hydrogen-bond donors (Lipinski definition) is 2. The minimum atomic E-state index is -0.467. The fraction of sp³-hybridized carbons (Fsp3) is 0.533. The summed E-state index contributed by atoms with van der Waals surface area (Å²) in [5.74, 6) is 6.04. The van der Waals surface area contributed by atoms with E-state index in [4.69, 9.17) is 5.11 Å². The fourth-order valence-corrected chi connectivity index (χ4v) is 2.99. The number of aliphatic hydroxyl groups excluding tert-OH is 1. The van der Waals surface area contributed by atoms with E-state index < -0.39 is 5.54 Å². The second-order valence-electron chi connectivity index (χ2n) is 5.31. The molecule has 1 fully saturated rings. The maximum Gasteiger partial charge on any atom is 0.240 e. The molecule has 0 radical (unpaired) electrons. The van der Waals surface area contributed by atoms with Crippen molar-refractivity contribution in [1.29, 1.82) is 0 Å². The number of carbonyl (C=O) groups is 1. The molecule has 20 heavy (non-hydrogen) atoms. The standard InChI is InChI=1S/C15H20N2O2S/c1-15(2)14(19)16-6-7-17(15)10-13-9-12(11-20-13)5-3-4-8-18/h9,11,18H,4,6-8,10H2,1-2H3,(H,16,19). The van der Waals surface area contributed by atoms with Crippen LogP contribution < -0.4 is 5.32 Å². The minimum absolute atomic E-state index is 0.0864. The van der Waals surface area contributed by atoms with Crippen LogP contribution in [0.2, 0.25) is 0 Å². The van der Waals surface area contributed by atoms with Gasteiger partial charge in [-0.05, 0) is 19.9 Å². The van der Waals surface area contributed by atoms with E-state index in [1.54, 1.807) is 11.3 Å². The molecule has 0 unspecified atom stereocenters. The minimum Gasteiger partial charge on any atom is -0.395 e. The summed E-state index contributed by atoms with van der Waals surface area (Å²) in [6.45, 7) is 6.35. The molecular weight excluding hydrogens is 272 g/mol. The Hall–Kier alpha value is -1.35. The third-order valence-electron chi connectivity index (χ3n) is 3.48. The van der Waals surface area contributed by atoms with Crippen LogP contribution in [-0.4, -0.2) is 41.1 Å². The first-order chi connectivity index (χ1) is 9.54. The highest BCUT2D eigenvalue weighted by atomic mass is 32.1. The van der Waals surface area contributed by atoms with E-state index in [0.717, 1.165) is 18.7 Å². The van der Waals surface area contributed by atoms with Crippen molar-refractivity contribution in [3.63, 3.8) is 0 Å². The van der Waals surface area contributed by atoms with Gasteiger partial charge in [0.1, 0.15) is 0 Å². The highest BCUT2D eigenvalue weighted by Gasteiger charge is 2.37. The van der Waals surface area contributed by atoms with E-state index >= 15 is 0 Å². The molecule has 2 rings (SSSR count). The number of aliphatic hydroxyl groups is 1. The molecule has 2 heterocycles. The smallest absolute Gasteiger partial charge is 0.240 e. The van der Waals surface area contributed by atoms with Gasteiger partial charge < -0.3 is 10.4 Å². The molecule has 2 N–H and O–H groups in total. The summed E-state index contributed by atoms with van der Waals surface area (Å²) in [5.41, 5.74) is 0.517. The molecule has 0 atom stereocenters. The molecule has 4 nitrogen and oxygen atoms in total. The van der Waals surface area contributed by atoms with E-state index in [9.17, 15) is 4.79 Å². The molecule has 0 aliphatic carbocycles. The number of piperazine rings is 1. The SMILES string of the molecule is CC1(C)C(=O)NCCN1Cc1cc(C#CCCO)cs1. The molecule has 0 saturated carbocycles. The van der Waals surface area contributed by atoms with Gasteiger partial charge in [0.15, 0.2) is 0 Å². The van der Waals surface area contributed by atoms with E-state index in [0.29, 0.717) is 13.0 Å². The van der Waals surface area contributed by atoms with Gasteiger partial charge in [-0.15, -0.1) is 11.3 Å². The van der Waals surface area contributed by atoms with E-state index in [1.165, 1.54) is 4.88 Å². The van der Waals surface area contributed by atoms with Gasteiger partial charge in [0, 0.05) is 41.9 Å². The van der Waals surface area contributed by atoms with Gasteiger partial charge in [-0.3, -0.25) is 9.69 Å². The lowest BCUT2D eigenvalue weighted by molar-refractivity contribution is -0.135. The van der Waals surface area contributed by atoms with Crippen molar-refractivity contribution < 1.29 is 9.90 Å². The van der Waals surface area contributed by atoms with Gasteiger partial charge in [0.2, 0.25) is 5.91 Å². The molecule has 0 aromatic carbocycles. The Bertz CT molecular complexity index is 540. The average Bonchev–Trinajstić information content (AvgIpc) is 2.84. The van der Waals surface area contributed by atoms with Crippen molar-refractivity contribution in [2.24, 2.45) is 0 Å². The molecule has 1 aromatic heterocycles. The quantitative estimate of drug-likeness (QED) is 0.823. The molecule has 108 valence electrons. The Kier molecular flexibility index (Phi) is 4.81. The van der Waals surface area contributed by atoms with Crippen LogP contribution in [0.4, 0.5) is 0 Å². The summed E-state index contributed by atoms with van der Waals surface area (Å²) in [6.07, 6.45) is 0.504. The number of carbonyl (C=O) groups excluding carboxylic acids is 1. The fourth-order valence-electron chi connectivity index (χ4n) is 2.16. The summed E-state index contributed by atoms with van der Waals surface area (Å²) >= 11 is 1.66. The average molecular weight is 292 g/mol. The summed E-state index contributed by atoms with van der Waals surface area (Å²) in [6, 6.07) is 2.07. The van der Waals surface area contributed by atoms with Crippen LogP contribution in [0, 0.1) is 11.8 Å². The third-order valence-corrected chi connectivity index (χ3v) is 4.40. The number of amides is 1. The first-order valence-corrected chi connectivity index (χ1v) is 7.62. The zero-order valence-corrected chi connectivity index (χ0v) is 12.7. The largest absolute Gasteiger partial charge is 0.395 e. The van der Waals surface area contributed by atoms with Crippen molar-refractivity contribution in [2.75, 3.05) is 19.7 Å². The maximum absolute atomic E-state index is 11.9. The first kappa shape index (κ1) is 15.0. The topological polar surface area (TPSA) is 52.6 Å². The summed E-state index contributed by atoms with van der Waals surface area (Å²) < 4.78 is 0. The van der Waals surface area contributed by atoms with Crippen molar-refractivity contribution in [2.45, 2.75) is 32.4 Å². The number of nitrogens with one attached hydrogen (secondary N) is 1. The third kappa shape index (κ3) is 3.40. The van der Waals surface area contributed by atoms with Gasteiger partial charge in [-0.1, -0.05) is 11.8 Å². The van der Waals surface area contributed by atoms with Crippen LogP contribution in [-0.2, 0) is 11.3 Å². The van der Waals surface area contributed by atoms with E-state index in [-0.39, 0.29) is 12.5 Å². The monoisotopic (exact) mass is 292 g/mol. The lowest BCUT2D eigenvalue weighted by atomic mass is 9.99. The zero-order valence-electron chi connectivity index (χ0n) is 11.9. The second kappa shape index (κ2) is 6.40. The van der Waals surface area contributed by atoms with Crippen LogP contribution in [0.1, 0.15) is 30.7 Å². The lowest BCUT2D eigenvalue weighted by Gasteiger charge is -2.40. The molecule has 1 aromatic rings. The molecule has 1 aliphatic rings. The zero-order chi connectivity index (χ0) is 14.6. The Balaban J connectivity index is 2.03. The van der Waals surface area contributed by atoms with Crippen LogP contribution in [0.5, 0.6) is 0 Å². The Morgan fingerprint density at radius 2 is 2.35 bits per heavy atom. The molecule has 5 heteroatoms.